The molecule has 0 radical (unpaired) electrons. The summed E-state index contributed by atoms with van der Waals surface area (Å²) in [4.78, 5) is 28.3. The van der Waals surface area contributed by atoms with E-state index in [1.54, 1.807) is 6.92 Å². The van der Waals surface area contributed by atoms with E-state index in [9.17, 15) is 14.9 Å². The lowest BCUT2D eigenvalue weighted by Crippen LogP contribution is -2.13. The van der Waals surface area contributed by atoms with Crippen molar-refractivity contribution in [3.05, 3.63) is 16.3 Å². The molecule has 1 aromatic rings. The molecule has 1 aromatic heterocycles. The number of esters is 1. The summed E-state index contributed by atoms with van der Waals surface area (Å²) in [5, 5.41) is 13.3. The lowest BCUT2D eigenvalue weighted by atomic mass is 10.4. The van der Waals surface area contributed by atoms with Crippen molar-refractivity contribution in [2.75, 3.05) is 24.2 Å². The number of rotatable bonds is 6. The molecule has 0 aromatic carbocycles. The summed E-state index contributed by atoms with van der Waals surface area (Å²) in [6, 6.07) is 0. The summed E-state index contributed by atoms with van der Waals surface area (Å²) in [5.41, 5.74) is 5.03. The number of hydrogen-bond donors (Lipinski definition) is 2. The number of nitrogens with two attached hydrogens (primary N) is 1. The minimum absolute atomic E-state index is 0.0169. The predicted molar refractivity (Wildman–Crippen MR) is 62.8 cm³/mol. The molecule has 0 fully saturated rings. The van der Waals surface area contributed by atoms with Crippen molar-refractivity contribution in [1.82, 2.24) is 9.97 Å². The number of nitrogens with one attached hydrogen (secondary N) is 1. The Kier molecular flexibility index (Phi) is 4.78. The molecule has 0 aliphatic heterocycles. The third-order valence-electron chi connectivity index (χ3n) is 1.91. The first kappa shape index (κ1) is 13.6. The van der Waals surface area contributed by atoms with Crippen LogP contribution in [-0.2, 0) is 9.53 Å². The zero-order chi connectivity index (χ0) is 13.5. The predicted octanol–water partition coefficient (Wildman–Crippen LogP) is 0.332. The van der Waals surface area contributed by atoms with Crippen LogP contribution in [0, 0.1) is 10.1 Å². The van der Waals surface area contributed by atoms with E-state index in [4.69, 9.17) is 10.5 Å². The fraction of sp³-hybridized carbons (Fsp3) is 0.444. The highest BCUT2D eigenvalue weighted by molar-refractivity contribution is 5.70. The molecule has 0 saturated carbocycles. The summed E-state index contributed by atoms with van der Waals surface area (Å²) in [6.07, 6.45) is 1.09. The Balaban J connectivity index is 2.63. The van der Waals surface area contributed by atoms with Gasteiger partial charge in [0.05, 0.1) is 18.0 Å². The van der Waals surface area contributed by atoms with Gasteiger partial charge in [0.1, 0.15) is 6.20 Å². The van der Waals surface area contributed by atoms with Gasteiger partial charge in [-0.2, -0.15) is 4.98 Å². The Morgan fingerprint density at radius 1 is 1.67 bits per heavy atom. The Labute approximate surface area is 103 Å². The van der Waals surface area contributed by atoms with E-state index in [0.29, 0.717) is 6.61 Å². The molecule has 0 amide bonds. The van der Waals surface area contributed by atoms with Crippen molar-refractivity contribution >= 4 is 23.4 Å². The van der Waals surface area contributed by atoms with Gasteiger partial charge in [0.25, 0.3) is 0 Å². The number of nitrogen functional groups attached to an aromatic ring is 1. The van der Waals surface area contributed by atoms with Gasteiger partial charge in [-0.25, -0.2) is 4.98 Å². The normalized spacial score (nSPS) is 9.83. The number of anilines is 2. The largest absolute Gasteiger partial charge is 0.466 e. The van der Waals surface area contributed by atoms with E-state index in [1.165, 1.54) is 0 Å². The highest BCUT2D eigenvalue weighted by Crippen LogP contribution is 2.20. The summed E-state index contributed by atoms with van der Waals surface area (Å²) in [7, 11) is 0. The molecule has 0 atom stereocenters. The van der Waals surface area contributed by atoms with Gasteiger partial charge in [-0.3, -0.25) is 14.9 Å². The fourth-order valence-corrected chi connectivity index (χ4v) is 1.17. The highest BCUT2D eigenvalue weighted by atomic mass is 16.6. The molecule has 18 heavy (non-hydrogen) atoms. The summed E-state index contributed by atoms with van der Waals surface area (Å²) in [6.45, 7) is 2.15. The van der Waals surface area contributed by atoms with Crippen molar-refractivity contribution < 1.29 is 14.5 Å². The molecule has 98 valence electrons. The number of carbonyl (C=O) groups excluding carboxylic acids is 1. The summed E-state index contributed by atoms with van der Waals surface area (Å²) >= 11 is 0. The van der Waals surface area contributed by atoms with Gasteiger partial charge in [0.2, 0.25) is 11.8 Å². The van der Waals surface area contributed by atoms with Crippen LogP contribution in [0.1, 0.15) is 13.3 Å². The van der Waals surface area contributed by atoms with Gasteiger partial charge in [-0.15, -0.1) is 0 Å². The third-order valence-corrected chi connectivity index (χ3v) is 1.91. The van der Waals surface area contributed by atoms with Gasteiger partial charge in [-0.05, 0) is 6.92 Å². The average Bonchev–Trinajstić information content (AvgIpc) is 2.29. The topological polar surface area (TPSA) is 133 Å². The maximum absolute atomic E-state index is 11.1. The highest BCUT2D eigenvalue weighted by Gasteiger charge is 2.16. The zero-order valence-electron chi connectivity index (χ0n) is 9.75. The van der Waals surface area contributed by atoms with Crippen LogP contribution in [0.5, 0.6) is 0 Å². The standard InChI is InChI=1S/C9H13N5O4/c1-2-18-7(15)3-4-11-8-6(14(16)17)5-12-9(10)13-8/h5H,2-4H2,1H3,(H3,10,11,12,13). The van der Waals surface area contributed by atoms with E-state index in [0.717, 1.165) is 6.20 Å². The minimum Gasteiger partial charge on any atom is -0.466 e. The first-order valence-electron chi connectivity index (χ1n) is 5.21. The van der Waals surface area contributed by atoms with Crippen LogP contribution in [-0.4, -0.2) is 34.0 Å². The Morgan fingerprint density at radius 2 is 2.39 bits per heavy atom. The Bertz CT molecular complexity index is 451. The monoisotopic (exact) mass is 255 g/mol. The van der Waals surface area contributed by atoms with Crippen molar-refractivity contribution in [3.63, 3.8) is 0 Å². The van der Waals surface area contributed by atoms with Gasteiger partial charge in [-0.1, -0.05) is 0 Å². The number of carbonyl (C=O) groups is 1. The van der Waals surface area contributed by atoms with Crippen LogP contribution in [0.15, 0.2) is 6.20 Å². The molecule has 0 aliphatic carbocycles. The van der Waals surface area contributed by atoms with Gasteiger partial charge >= 0.3 is 11.7 Å². The van der Waals surface area contributed by atoms with Crippen molar-refractivity contribution in [3.8, 4) is 0 Å². The summed E-state index contributed by atoms with van der Waals surface area (Å²) < 4.78 is 4.71. The molecular formula is C9H13N5O4. The van der Waals surface area contributed by atoms with E-state index < -0.39 is 10.9 Å². The average molecular weight is 255 g/mol. The SMILES string of the molecule is CCOC(=O)CCNc1nc(N)ncc1[N+](=O)[O-]. The Hall–Kier alpha value is -2.45. The number of nitrogens with zero attached hydrogens (tertiary/aromatic N) is 3. The van der Waals surface area contributed by atoms with Crippen LogP contribution in [0.3, 0.4) is 0 Å². The van der Waals surface area contributed by atoms with Gasteiger partial charge in [0, 0.05) is 6.54 Å². The van der Waals surface area contributed by atoms with E-state index in [2.05, 4.69) is 15.3 Å². The smallest absolute Gasteiger partial charge is 0.329 e. The molecular weight excluding hydrogens is 242 g/mol. The second-order valence-electron chi connectivity index (χ2n) is 3.20. The molecule has 1 rings (SSSR count). The summed E-state index contributed by atoms with van der Waals surface area (Å²) in [5.74, 6) is -0.495. The molecule has 0 aliphatic rings. The van der Waals surface area contributed by atoms with Crippen LogP contribution >= 0.6 is 0 Å². The maximum Gasteiger partial charge on any atom is 0.329 e. The number of hydrogen-bond acceptors (Lipinski definition) is 8. The quantitative estimate of drug-likeness (QED) is 0.422. The molecule has 0 bridgehead atoms. The van der Waals surface area contributed by atoms with E-state index in [-0.39, 0.29) is 30.4 Å². The van der Waals surface area contributed by atoms with Crippen molar-refractivity contribution in [1.29, 1.82) is 0 Å². The minimum atomic E-state index is -0.633. The fourth-order valence-electron chi connectivity index (χ4n) is 1.17. The van der Waals surface area contributed by atoms with E-state index >= 15 is 0 Å². The second kappa shape index (κ2) is 6.33. The maximum atomic E-state index is 11.1. The molecule has 9 nitrogen and oxygen atoms in total. The number of ether oxygens (including phenoxy) is 1. The van der Waals surface area contributed by atoms with Crippen molar-refractivity contribution in [2.24, 2.45) is 0 Å². The number of aromatic nitrogens is 2. The van der Waals surface area contributed by atoms with Gasteiger partial charge < -0.3 is 15.8 Å². The molecule has 3 N–H and O–H groups in total. The van der Waals surface area contributed by atoms with Crippen LogP contribution in [0.2, 0.25) is 0 Å². The lowest BCUT2D eigenvalue weighted by molar-refractivity contribution is -0.384. The molecule has 9 heteroatoms. The second-order valence-corrected chi connectivity index (χ2v) is 3.20. The molecule has 0 spiro atoms. The molecule has 0 unspecified atom stereocenters. The zero-order valence-corrected chi connectivity index (χ0v) is 9.75. The number of nitro groups is 1. The first-order chi connectivity index (χ1) is 8.54. The van der Waals surface area contributed by atoms with Crippen LogP contribution in [0.25, 0.3) is 0 Å². The van der Waals surface area contributed by atoms with Crippen LogP contribution < -0.4 is 11.1 Å². The van der Waals surface area contributed by atoms with Crippen molar-refractivity contribution in [2.45, 2.75) is 13.3 Å². The molecule has 0 saturated heterocycles. The first-order valence-corrected chi connectivity index (χ1v) is 5.21. The third kappa shape index (κ3) is 3.85. The lowest BCUT2D eigenvalue weighted by Gasteiger charge is -2.06. The molecule has 1 heterocycles. The van der Waals surface area contributed by atoms with E-state index in [1.807, 2.05) is 0 Å². The van der Waals surface area contributed by atoms with Gasteiger partial charge in [0.15, 0.2) is 0 Å². The van der Waals surface area contributed by atoms with Crippen LogP contribution in [0.4, 0.5) is 17.5 Å². The Morgan fingerprint density at radius 3 is 3.00 bits per heavy atom.